The van der Waals surface area contributed by atoms with Gasteiger partial charge in [0.2, 0.25) is 112 Å². The molecule has 2 aromatic carbocycles. The maximum Gasteiger partial charge on any atom is 0.326 e. The number of carbonyl (C=O) groups excluding carboxylic acids is 19. The predicted molar refractivity (Wildman–Crippen MR) is 527 cm³/mol. The van der Waals surface area contributed by atoms with Crippen molar-refractivity contribution in [3.63, 3.8) is 0 Å². The maximum absolute atomic E-state index is 14.9. The van der Waals surface area contributed by atoms with Gasteiger partial charge in [-0.2, -0.15) is 11.8 Å². The number of aliphatic hydroxyl groups excluding tert-OH is 4. The molecular weight excluding hydrogens is 1900 g/mol. The number of likely N-dealkylation sites (tertiary alicyclic amines) is 1. The Labute approximate surface area is 842 Å². The molecule has 22 atom stereocenters. The van der Waals surface area contributed by atoms with E-state index in [1.165, 1.54) is 25.6 Å². The topological polar surface area (TPSA) is 780 Å². The zero-order valence-electron chi connectivity index (χ0n) is 84.4. The summed E-state index contributed by atoms with van der Waals surface area (Å²) in [5.74, 6) is -25.9. The van der Waals surface area contributed by atoms with Crippen LogP contribution in [0.15, 0.2) is 60.7 Å². The molecule has 0 aliphatic carbocycles. The average molecular weight is 2050 g/mol. The summed E-state index contributed by atoms with van der Waals surface area (Å²) in [6.45, 7) is 17.6. The lowest BCUT2D eigenvalue weighted by atomic mass is 9.94. The first-order chi connectivity index (χ1) is 67.9. The standard InChI is InChI=1S/C95H153N21O27S/c1-15-51(10)74(90(137)107-64(44-70(98)122)84(131)110-65(45-117)85(132)103-60(37-40-144-14)94(141)116-39-26-32-68(116)95(142)143)112-80(127)57(31-24-25-38-96)100-82(129)62(42-55-27-20-18-21-28-55)104-86(133)66(46-118)108-78(125)58(33-35-69(97)121)101-83(130)63(43-56-29-22-19-23-30-56)106-89(136)73(50(8)9)111-87(134)67(47-119)109-79(126)59(34-36-71(123)124)102-81(128)61(41-48(4)5)105-93(140)77(54(13)120)115-92(139)76(53(12)17-3)114-91(138)75(52(11)16-2)113-88(135)72(99)49(6)7/h18-23,27-30,48-54,57-68,72-77,117-120H,15-17,24-26,31-47,96,99H2,1-14H3,(H2,97,121)(H2,98,122)(H,100,129)(H,101,130)(H,102,128)(H,103,132)(H,104,133)(H,105,140)(H,106,136)(H,107,137)(H,108,125)(H,109,126)(H,110,131)(H,111,134)(H,112,127)(H,113,135)(H,114,138)(H,115,139)(H,123,124)(H,142,143)/t51-,52-,53-,54+,57-,58-,59-,60-,61-,62-,63-,64-,65-,66-,67-,68-,72-,73-,74-,75-,76-,77-/m0/s1. The van der Waals surface area contributed by atoms with Gasteiger partial charge in [-0.15, -0.1) is 0 Å². The van der Waals surface area contributed by atoms with Crippen molar-refractivity contribution in [1.29, 1.82) is 0 Å². The highest BCUT2D eigenvalue weighted by atomic mass is 32.2. The summed E-state index contributed by atoms with van der Waals surface area (Å²) in [6, 6.07) is -13.0. The molecule has 1 fully saturated rings. The molecule has 48 nitrogen and oxygen atoms in total. The van der Waals surface area contributed by atoms with E-state index >= 15 is 0 Å². The zero-order chi connectivity index (χ0) is 109. The van der Waals surface area contributed by atoms with Crippen LogP contribution in [0.25, 0.3) is 0 Å². The fourth-order valence-corrected chi connectivity index (χ4v) is 15.7. The number of thioether (sulfide) groups is 1. The van der Waals surface area contributed by atoms with Crippen LogP contribution in [0.1, 0.15) is 197 Å². The summed E-state index contributed by atoms with van der Waals surface area (Å²) in [7, 11) is 0. The third kappa shape index (κ3) is 42.4. The predicted octanol–water partition coefficient (Wildman–Crippen LogP) is -5.63. The first-order valence-electron chi connectivity index (χ1n) is 48.6. The second-order valence-electron chi connectivity index (χ2n) is 37.3. The number of rotatable bonds is 67. The quantitative estimate of drug-likeness (QED) is 0.0275. The molecule has 3 rings (SSSR count). The third-order valence-electron chi connectivity index (χ3n) is 24.6. The number of carboxylic acids is 2. The van der Waals surface area contributed by atoms with Gasteiger partial charge in [0.1, 0.15) is 103 Å². The number of benzene rings is 2. The van der Waals surface area contributed by atoms with Crippen LogP contribution in [-0.4, -0.2) is 319 Å². The number of nitrogens with two attached hydrogens (primary N) is 4. The second kappa shape index (κ2) is 64.2. The van der Waals surface area contributed by atoms with E-state index in [0.717, 1.165) is 11.8 Å². The van der Waals surface area contributed by atoms with Crippen LogP contribution in [0.3, 0.4) is 0 Å². The molecule has 1 saturated heterocycles. The van der Waals surface area contributed by atoms with Gasteiger partial charge in [0.15, 0.2) is 0 Å². The number of hydrogen-bond donors (Lipinski definition) is 26. The summed E-state index contributed by atoms with van der Waals surface area (Å²) in [4.78, 5) is 294. The van der Waals surface area contributed by atoms with Gasteiger partial charge in [0.25, 0.3) is 0 Å². The molecule has 0 spiro atoms. The minimum Gasteiger partial charge on any atom is -0.481 e. The van der Waals surface area contributed by atoms with Crippen molar-refractivity contribution in [2.75, 3.05) is 44.9 Å². The summed E-state index contributed by atoms with van der Waals surface area (Å²) in [5.41, 5.74) is 23.9. The molecule has 144 heavy (non-hydrogen) atoms. The van der Waals surface area contributed by atoms with Crippen LogP contribution in [0.2, 0.25) is 0 Å². The molecule has 19 amide bonds. The molecule has 49 heteroatoms. The molecule has 0 radical (unpaired) electrons. The summed E-state index contributed by atoms with van der Waals surface area (Å²) < 4.78 is 0. The van der Waals surface area contributed by atoms with E-state index < -0.39 is 321 Å². The number of nitrogens with one attached hydrogen (secondary N) is 16. The van der Waals surface area contributed by atoms with E-state index in [9.17, 15) is 131 Å². The van der Waals surface area contributed by atoms with Crippen molar-refractivity contribution in [3.8, 4) is 0 Å². The maximum atomic E-state index is 14.9. The minimum absolute atomic E-state index is 0.0176. The Morgan fingerprint density at radius 2 is 0.729 bits per heavy atom. The van der Waals surface area contributed by atoms with Crippen LogP contribution < -0.4 is 108 Å². The highest BCUT2D eigenvalue weighted by molar-refractivity contribution is 7.98. The molecule has 0 saturated carbocycles. The van der Waals surface area contributed by atoms with Gasteiger partial charge in [0, 0.05) is 32.2 Å². The summed E-state index contributed by atoms with van der Waals surface area (Å²) >= 11 is 1.32. The Morgan fingerprint density at radius 1 is 0.389 bits per heavy atom. The van der Waals surface area contributed by atoms with E-state index in [2.05, 4.69) is 85.1 Å². The minimum atomic E-state index is -2.00. The van der Waals surface area contributed by atoms with Crippen LogP contribution >= 0.6 is 11.8 Å². The first-order valence-corrected chi connectivity index (χ1v) is 50.0. The van der Waals surface area contributed by atoms with Crippen molar-refractivity contribution < 1.29 is 131 Å². The van der Waals surface area contributed by atoms with E-state index in [1.54, 1.807) is 136 Å². The molecule has 0 bridgehead atoms. The summed E-state index contributed by atoms with van der Waals surface area (Å²) in [5, 5.41) is 102. The monoisotopic (exact) mass is 2050 g/mol. The molecular formula is C95H153N21O27S. The largest absolute Gasteiger partial charge is 0.481 e. The smallest absolute Gasteiger partial charge is 0.326 e. The van der Waals surface area contributed by atoms with Gasteiger partial charge in [-0.05, 0) is 130 Å². The normalized spacial score (nSPS) is 16.8. The van der Waals surface area contributed by atoms with Gasteiger partial charge in [0.05, 0.1) is 38.4 Å². The zero-order valence-corrected chi connectivity index (χ0v) is 85.2. The molecule has 0 unspecified atom stereocenters. The number of primary amides is 2. The number of amides is 19. The number of unbranched alkanes of at least 4 members (excludes halogenated alkanes) is 1. The van der Waals surface area contributed by atoms with Crippen LogP contribution in [0.4, 0.5) is 0 Å². The third-order valence-corrected chi connectivity index (χ3v) is 25.2. The lowest BCUT2D eigenvalue weighted by Gasteiger charge is -2.31. The van der Waals surface area contributed by atoms with Crippen molar-refractivity contribution in [3.05, 3.63) is 71.8 Å². The highest BCUT2D eigenvalue weighted by Crippen LogP contribution is 2.23. The molecule has 806 valence electrons. The van der Waals surface area contributed by atoms with Gasteiger partial charge >= 0.3 is 11.9 Å². The second-order valence-corrected chi connectivity index (χ2v) is 38.3. The number of aliphatic hydroxyl groups is 4. The van der Waals surface area contributed by atoms with E-state index in [-0.39, 0.29) is 76.8 Å². The molecule has 1 heterocycles. The molecule has 2 aromatic rings. The van der Waals surface area contributed by atoms with E-state index in [1.807, 2.05) is 0 Å². The number of carbonyl (C=O) groups is 21. The molecule has 1 aliphatic rings. The van der Waals surface area contributed by atoms with Crippen molar-refractivity contribution in [2.45, 2.75) is 314 Å². The fraction of sp³-hybridized carbons (Fsp3) is 0.653. The lowest BCUT2D eigenvalue weighted by molar-refractivity contribution is -0.149. The molecule has 30 N–H and O–H groups in total. The average Bonchev–Trinajstić information content (AvgIpc) is 1.68. The fourth-order valence-electron chi connectivity index (χ4n) is 15.2. The number of aliphatic carboxylic acids is 2. The van der Waals surface area contributed by atoms with E-state index in [0.29, 0.717) is 36.1 Å². The number of nitrogens with zero attached hydrogens (tertiary/aromatic N) is 1. The van der Waals surface area contributed by atoms with Gasteiger partial charge in [-0.1, -0.05) is 163 Å². The Morgan fingerprint density at radius 3 is 1.13 bits per heavy atom. The van der Waals surface area contributed by atoms with E-state index in [4.69, 9.17) is 22.9 Å². The van der Waals surface area contributed by atoms with Crippen molar-refractivity contribution >= 4 is 136 Å². The number of hydrogen-bond acceptors (Lipinski definition) is 28. The van der Waals surface area contributed by atoms with Gasteiger partial charge in [-0.3, -0.25) is 95.9 Å². The first kappa shape index (κ1) is 126. The number of carboxylic acid groups (broad SMARTS) is 2. The SMILES string of the molecule is CC[C@H](C)[C@H](NC(=O)[C@H](CCCCN)NC(=O)[C@H](Cc1ccccc1)NC(=O)[C@H](CO)NC(=O)[C@H](CCC(N)=O)NC(=O)[C@H](Cc1ccccc1)NC(=O)[C@@H](NC(=O)[C@H](CO)NC(=O)[C@H](CCC(=O)O)NC(=O)[C@H](CC(C)C)NC(=O)[C@@H](NC(=O)[C@@H](NC(=O)[C@@H](NC(=O)[C@@H](N)C(C)C)[C@@H](C)CC)[C@@H](C)CC)[C@@H](C)O)C(C)C)C(=O)N[C@@H](CC(N)=O)C(=O)N[C@@H](CO)C(=O)N[C@@H](CCSC)C(=O)N1CCC[C@H]1C(=O)O. The molecule has 1 aliphatic heterocycles. The lowest BCUT2D eigenvalue weighted by Crippen LogP contribution is -2.63. The molecule has 0 aromatic heterocycles. The van der Waals surface area contributed by atoms with Crippen LogP contribution in [-0.2, 0) is 114 Å². The Hall–Kier alpha value is -12.6. The van der Waals surface area contributed by atoms with Crippen LogP contribution in [0.5, 0.6) is 0 Å². The van der Waals surface area contributed by atoms with Gasteiger partial charge in [-0.25, -0.2) is 4.79 Å². The highest BCUT2D eigenvalue weighted by Gasteiger charge is 2.44. The Kier molecular flexibility index (Phi) is 56.0. The van der Waals surface area contributed by atoms with Crippen LogP contribution in [0, 0.1) is 35.5 Å². The Balaban J connectivity index is 1.97. The Bertz CT molecular complexity index is 4620. The van der Waals surface area contributed by atoms with Crippen molar-refractivity contribution in [1.82, 2.24) is 90.0 Å². The van der Waals surface area contributed by atoms with Gasteiger partial charge < -0.3 is 144 Å². The van der Waals surface area contributed by atoms with Crippen molar-refractivity contribution in [2.24, 2.45) is 58.4 Å². The summed E-state index contributed by atoms with van der Waals surface area (Å²) in [6.07, 6.45) is -2.69.